The summed E-state index contributed by atoms with van der Waals surface area (Å²) in [5, 5.41) is 0. The van der Waals surface area contributed by atoms with Crippen LogP contribution in [0, 0.1) is 5.82 Å². The van der Waals surface area contributed by atoms with Crippen molar-refractivity contribution in [2.75, 3.05) is 7.11 Å². The van der Waals surface area contributed by atoms with E-state index in [-0.39, 0.29) is 5.56 Å². The van der Waals surface area contributed by atoms with Gasteiger partial charge in [0, 0.05) is 6.54 Å². The highest BCUT2D eigenvalue weighted by molar-refractivity contribution is 7.16. The zero-order valence-corrected chi connectivity index (χ0v) is 13.8. The molecular formula is C18H15FN2O2S. The van der Waals surface area contributed by atoms with Gasteiger partial charge in [-0.3, -0.25) is 4.79 Å². The Labute approximate surface area is 142 Å². The maximum atomic E-state index is 13.8. The van der Waals surface area contributed by atoms with E-state index in [1.807, 2.05) is 22.8 Å². The molecule has 3 rings (SSSR count). The highest BCUT2D eigenvalue weighted by atomic mass is 32.1. The van der Waals surface area contributed by atoms with Crippen molar-refractivity contribution in [1.29, 1.82) is 0 Å². The van der Waals surface area contributed by atoms with Crippen LogP contribution in [0.4, 0.5) is 4.39 Å². The molecule has 0 radical (unpaired) electrons. The molecule has 0 fully saturated rings. The Morgan fingerprint density at radius 1 is 1.33 bits per heavy atom. The summed E-state index contributed by atoms with van der Waals surface area (Å²) >= 11 is 1.35. The second kappa shape index (κ2) is 6.80. The highest BCUT2D eigenvalue weighted by Gasteiger charge is 2.13. The summed E-state index contributed by atoms with van der Waals surface area (Å²) in [4.78, 5) is 16.9. The summed E-state index contributed by atoms with van der Waals surface area (Å²) in [5.41, 5.74) is 0.789. The number of amides is 1. The van der Waals surface area contributed by atoms with Crippen molar-refractivity contribution in [3.63, 3.8) is 0 Å². The van der Waals surface area contributed by atoms with Crippen molar-refractivity contribution >= 4 is 27.5 Å². The van der Waals surface area contributed by atoms with Gasteiger partial charge < -0.3 is 9.30 Å². The van der Waals surface area contributed by atoms with Gasteiger partial charge in [-0.1, -0.05) is 35.6 Å². The number of allylic oxidation sites excluding steroid dienone is 1. The number of hydrogen-bond acceptors (Lipinski definition) is 3. The SMILES string of the molecule is C=CCn1c(=NC(=O)c2ccccc2F)sc2cccc(OC)c21. The first-order valence-electron chi connectivity index (χ1n) is 7.26. The predicted molar refractivity (Wildman–Crippen MR) is 92.9 cm³/mol. The van der Waals surface area contributed by atoms with Crippen molar-refractivity contribution < 1.29 is 13.9 Å². The number of hydrogen-bond donors (Lipinski definition) is 0. The number of ether oxygens (including phenoxy) is 1. The summed E-state index contributed by atoms with van der Waals surface area (Å²) in [7, 11) is 1.59. The van der Waals surface area contributed by atoms with Crippen molar-refractivity contribution in [1.82, 2.24) is 4.57 Å². The van der Waals surface area contributed by atoms with E-state index >= 15 is 0 Å². The molecule has 2 aromatic carbocycles. The maximum absolute atomic E-state index is 13.8. The van der Waals surface area contributed by atoms with Gasteiger partial charge in [0.05, 0.1) is 17.4 Å². The van der Waals surface area contributed by atoms with Crippen molar-refractivity contribution in [3.05, 3.63) is 71.3 Å². The molecule has 1 heterocycles. The van der Waals surface area contributed by atoms with E-state index in [1.54, 1.807) is 19.3 Å². The molecule has 4 nitrogen and oxygen atoms in total. The van der Waals surface area contributed by atoms with Gasteiger partial charge in [-0.15, -0.1) is 6.58 Å². The first-order chi connectivity index (χ1) is 11.7. The van der Waals surface area contributed by atoms with Crippen LogP contribution in [0.1, 0.15) is 10.4 Å². The molecule has 0 spiro atoms. The number of para-hydroxylation sites is 1. The van der Waals surface area contributed by atoms with E-state index in [1.165, 1.54) is 29.5 Å². The lowest BCUT2D eigenvalue weighted by atomic mass is 10.2. The number of benzene rings is 2. The maximum Gasteiger partial charge on any atom is 0.282 e. The predicted octanol–water partition coefficient (Wildman–Crippen LogP) is 3.78. The number of nitrogens with zero attached hydrogens (tertiary/aromatic N) is 2. The molecule has 0 bridgehead atoms. The second-order valence-corrected chi connectivity index (χ2v) is 6.00. The topological polar surface area (TPSA) is 43.6 Å². The standard InChI is InChI=1S/C18H15FN2O2S/c1-3-11-21-16-14(23-2)9-6-10-15(16)24-18(21)20-17(22)12-7-4-5-8-13(12)19/h3-10H,1,11H2,2H3. The fourth-order valence-corrected chi connectivity index (χ4v) is 3.48. The summed E-state index contributed by atoms with van der Waals surface area (Å²) in [5.74, 6) is -0.512. The molecule has 0 atom stereocenters. The van der Waals surface area contributed by atoms with Crippen LogP contribution in [0.3, 0.4) is 0 Å². The Morgan fingerprint density at radius 2 is 2.12 bits per heavy atom. The molecule has 3 aromatic rings. The third kappa shape index (κ3) is 2.88. The summed E-state index contributed by atoms with van der Waals surface area (Å²) < 4.78 is 22.0. The Balaban J connectivity index is 2.22. The minimum Gasteiger partial charge on any atom is -0.495 e. The van der Waals surface area contributed by atoms with E-state index in [9.17, 15) is 9.18 Å². The molecule has 0 saturated carbocycles. The molecule has 1 amide bonds. The van der Waals surface area contributed by atoms with Gasteiger partial charge in [-0.25, -0.2) is 4.39 Å². The molecule has 122 valence electrons. The van der Waals surface area contributed by atoms with Crippen molar-refractivity contribution in [2.45, 2.75) is 6.54 Å². The second-order valence-electron chi connectivity index (χ2n) is 4.99. The number of rotatable bonds is 4. The van der Waals surface area contributed by atoms with Crippen LogP contribution in [-0.2, 0) is 6.54 Å². The van der Waals surface area contributed by atoms with Crippen molar-refractivity contribution in [2.24, 2.45) is 4.99 Å². The van der Waals surface area contributed by atoms with E-state index in [0.717, 1.165) is 10.2 Å². The average Bonchev–Trinajstić information content (AvgIpc) is 2.93. The molecule has 6 heteroatoms. The lowest BCUT2D eigenvalue weighted by Gasteiger charge is -2.06. The van der Waals surface area contributed by atoms with Crippen LogP contribution in [0.2, 0.25) is 0 Å². The normalized spacial score (nSPS) is 11.7. The minimum atomic E-state index is -0.614. The Kier molecular flexibility index (Phi) is 4.57. The van der Waals surface area contributed by atoms with Crippen LogP contribution in [-0.4, -0.2) is 17.6 Å². The number of fused-ring (bicyclic) bond motifs is 1. The molecule has 0 aliphatic carbocycles. The Bertz CT molecular complexity index is 988. The molecule has 0 aliphatic heterocycles. The van der Waals surface area contributed by atoms with E-state index in [2.05, 4.69) is 11.6 Å². The third-order valence-corrected chi connectivity index (χ3v) is 4.54. The number of methoxy groups -OCH3 is 1. The summed E-state index contributed by atoms with van der Waals surface area (Å²) in [6, 6.07) is 11.5. The molecule has 0 N–H and O–H groups in total. The lowest BCUT2D eigenvalue weighted by molar-refractivity contribution is 0.0994. The third-order valence-electron chi connectivity index (χ3n) is 3.50. The Hall–Kier alpha value is -2.73. The number of carbonyl (C=O) groups is 1. The first kappa shape index (κ1) is 16.1. The largest absolute Gasteiger partial charge is 0.495 e. The molecule has 24 heavy (non-hydrogen) atoms. The van der Waals surface area contributed by atoms with Gasteiger partial charge in [0.25, 0.3) is 5.91 Å². The van der Waals surface area contributed by atoms with Gasteiger partial charge in [-0.05, 0) is 24.3 Å². The first-order valence-corrected chi connectivity index (χ1v) is 8.08. The van der Waals surface area contributed by atoms with Crippen LogP contribution < -0.4 is 9.54 Å². The zero-order valence-electron chi connectivity index (χ0n) is 13.0. The smallest absolute Gasteiger partial charge is 0.282 e. The lowest BCUT2D eigenvalue weighted by Crippen LogP contribution is -2.17. The molecular weight excluding hydrogens is 327 g/mol. The van der Waals surface area contributed by atoms with Crippen LogP contribution in [0.25, 0.3) is 10.2 Å². The summed E-state index contributed by atoms with van der Waals surface area (Å²) in [6.45, 7) is 4.21. The molecule has 0 aliphatic rings. The molecule has 0 unspecified atom stereocenters. The molecule has 0 saturated heterocycles. The van der Waals surface area contributed by atoms with E-state index < -0.39 is 11.7 Å². The van der Waals surface area contributed by atoms with Gasteiger partial charge in [0.15, 0.2) is 4.80 Å². The van der Waals surface area contributed by atoms with Gasteiger partial charge in [0.1, 0.15) is 17.1 Å². The van der Waals surface area contributed by atoms with Crippen LogP contribution >= 0.6 is 11.3 Å². The van der Waals surface area contributed by atoms with E-state index in [4.69, 9.17) is 4.74 Å². The Morgan fingerprint density at radius 3 is 2.83 bits per heavy atom. The van der Waals surface area contributed by atoms with Gasteiger partial charge in [-0.2, -0.15) is 4.99 Å². The fourth-order valence-electron chi connectivity index (χ4n) is 2.43. The quantitative estimate of drug-likeness (QED) is 0.677. The highest BCUT2D eigenvalue weighted by Crippen LogP contribution is 2.27. The zero-order chi connectivity index (χ0) is 17.1. The summed E-state index contributed by atoms with van der Waals surface area (Å²) in [6.07, 6.45) is 1.71. The number of carbonyl (C=O) groups excluding carboxylic acids is 1. The fraction of sp³-hybridized carbons (Fsp3) is 0.111. The van der Waals surface area contributed by atoms with Gasteiger partial charge >= 0.3 is 0 Å². The number of thiazole rings is 1. The molecule has 1 aromatic heterocycles. The monoisotopic (exact) mass is 342 g/mol. The minimum absolute atomic E-state index is 0.0490. The number of halogens is 1. The van der Waals surface area contributed by atoms with Crippen LogP contribution in [0.15, 0.2) is 60.1 Å². The van der Waals surface area contributed by atoms with Crippen molar-refractivity contribution in [3.8, 4) is 5.75 Å². The van der Waals surface area contributed by atoms with Gasteiger partial charge in [0.2, 0.25) is 0 Å². The van der Waals surface area contributed by atoms with Crippen LogP contribution in [0.5, 0.6) is 5.75 Å². The average molecular weight is 342 g/mol. The number of aromatic nitrogens is 1. The van der Waals surface area contributed by atoms with E-state index in [0.29, 0.717) is 17.1 Å².